The van der Waals surface area contributed by atoms with E-state index < -0.39 is 19.9 Å². The van der Waals surface area contributed by atoms with E-state index in [4.69, 9.17) is 4.74 Å². The summed E-state index contributed by atoms with van der Waals surface area (Å²) < 4.78 is 62.1. The predicted octanol–water partition coefficient (Wildman–Crippen LogP) is 2.23. The Bertz CT molecular complexity index is 1320. The molecule has 0 atom stereocenters. The highest BCUT2D eigenvalue weighted by Gasteiger charge is 2.23. The number of sulfonamides is 1. The summed E-state index contributed by atoms with van der Waals surface area (Å²) in [6.45, 7) is 5.27. The maximum Gasteiger partial charge on any atom is 0.240 e. The van der Waals surface area contributed by atoms with Crippen molar-refractivity contribution in [2.45, 2.75) is 34.6 Å². The van der Waals surface area contributed by atoms with Gasteiger partial charge in [-0.05, 0) is 55.3 Å². The maximum absolute atomic E-state index is 13.2. The van der Waals surface area contributed by atoms with E-state index >= 15 is 0 Å². The third-order valence-corrected chi connectivity index (χ3v) is 9.10. The van der Waals surface area contributed by atoms with Crippen molar-refractivity contribution >= 4 is 25.5 Å². The van der Waals surface area contributed by atoms with Crippen molar-refractivity contribution in [2.24, 2.45) is 0 Å². The van der Waals surface area contributed by atoms with E-state index in [1.165, 1.54) is 18.2 Å². The van der Waals surface area contributed by atoms with E-state index in [1.54, 1.807) is 49.9 Å². The topological polar surface area (TPSA) is 111 Å². The van der Waals surface area contributed by atoms with Gasteiger partial charge in [0.15, 0.2) is 0 Å². The quantitative estimate of drug-likeness (QED) is 0.445. The molecule has 1 saturated heterocycles. The van der Waals surface area contributed by atoms with E-state index in [1.807, 2.05) is 4.57 Å². The van der Waals surface area contributed by atoms with Crippen LogP contribution in [0.4, 0.5) is 5.69 Å². The lowest BCUT2D eigenvalue weighted by Crippen LogP contribution is -2.36. The number of hydrogen-bond donors (Lipinski definition) is 1. The zero-order valence-corrected chi connectivity index (χ0v) is 20.6. The van der Waals surface area contributed by atoms with Crippen LogP contribution in [-0.4, -0.2) is 59.2 Å². The number of benzene rings is 2. The van der Waals surface area contributed by atoms with Gasteiger partial charge < -0.3 is 14.2 Å². The molecule has 0 unspecified atom stereocenters. The van der Waals surface area contributed by atoms with Crippen LogP contribution in [-0.2, 0) is 31.1 Å². The minimum atomic E-state index is -3.89. The molecule has 1 aromatic heterocycles. The molecule has 11 heteroatoms. The second-order valence-corrected chi connectivity index (χ2v) is 11.8. The monoisotopic (exact) mass is 504 g/mol. The highest BCUT2D eigenvalue weighted by Crippen LogP contribution is 2.27. The third-order valence-electron chi connectivity index (χ3n) is 5.73. The van der Waals surface area contributed by atoms with Crippen LogP contribution in [0.3, 0.4) is 0 Å². The van der Waals surface area contributed by atoms with Crippen molar-refractivity contribution < 1.29 is 21.6 Å². The van der Waals surface area contributed by atoms with Crippen molar-refractivity contribution in [3.8, 4) is 0 Å². The molecule has 4 rings (SSSR count). The number of sulfone groups is 1. The van der Waals surface area contributed by atoms with Crippen LogP contribution >= 0.6 is 0 Å². The Morgan fingerprint density at radius 1 is 1.00 bits per heavy atom. The molecule has 0 aliphatic carbocycles. The number of hydrogen-bond acceptors (Lipinski definition) is 7. The van der Waals surface area contributed by atoms with Crippen molar-refractivity contribution in [3.05, 3.63) is 66.7 Å². The molecule has 0 amide bonds. The number of morpholine rings is 1. The number of nitrogens with zero attached hydrogens (tertiary/aromatic N) is 3. The summed E-state index contributed by atoms with van der Waals surface area (Å²) in [5.74, 6) is 0. The molecule has 2 heterocycles. The molecule has 0 radical (unpaired) electrons. The van der Waals surface area contributed by atoms with E-state index in [2.05, 4.69) is 14.6 Å². The van der Waals surface area contributed by atoms with E-state index in [0.717, 1.165) is 18.8 Å². The second-order valence-electron chi connectivity index (χ2n) is 8.08. The van der Waals surface area contributed by atoms with Crippen molar-refractivity contribution in [1.82, 2.24) is 14.3 Å². The summed E-state index contributed by atoms with van der Waals surface area (Å²) >= 11 is 0. The van der Waals surface area contributed by atoms with Gasteiger partial charge in [0.05, 0.1) is 34.2 Å². The van der Waals surface area contributed by atoms with Crippen LogP contribution in [0, 0.1) is 6.92 Å². The molecule has 1 fully saturated rings. The number of anilines is 1. The number of aryl methyl sites for hydroxylation is 2. The Hall–Kier alpha value is -2.73. The van der Waals surface area contributed by atoms with Gasteiger partial charge in [-0.15, -0.1) is 0 Å². The Balaban J connectivity index is 1.50. The van der Waals surface area contributed by atoms with Crippen molar-refractivity contribution in [1.29, 1.82) is 0 Å². The third kappa shape index (κ3) is 5.49. The summed E-state index contributed by atoms with van der Waals surface area (Å²) in [5, 5.41) is 0. The molecule has 1 N–H and O–H groups in total. The average Bonchev–Trinajstić information content (AvgIpc) is 3.36. The van der Waals surface area contributed by atoms with Crippen LogP contribution in [0.15, 0.2) is 75.9 Å². The highest BCUT2D eigenvalue weighted by atomic mass is 32.2. The Kier molecular flexibility index (Phi) is 7.36. The Labute approximate surface area is 200 Å². The predicted molar refractivity (Wildman–Crippen MR) is 128 cm³/mol. The van der Waals surface area contributed by atoms with E-state index in [0.29, 0.717) is 31.7 Å². The fourth-order valence-electron chi connectivity index (χ4n) is 3.80. The number of nitrogens with one attached hydrogen (secondary N) is 1. The van der Waals surface area contributed by atoms with Crippen LogP contribution in [0.5, 0.6) is 0 Å². The Morgan fingerprint density at radius 3 is 2.38 bits per heavy atom. The van der Waals surface area contributed by atoms with Gasteiger partial charge in [0.25, 0.3) is 0 Å². The minimum absolute atomic E-state index is 0.0406. The van der Waals surface area contributed by atoms with E-state index in [-0.39, 0.29) is 21.2 Å². The molecular weight excluding hydrogens is 476 g/mol. The Morgan fingerprint density at radius 2 is 1.71 bits per heavy atom. The molecule has 1 aliphatic rings. The molecular formula is C23H28N4O5S2. The van der Waals surface area contributed by atoms with Gasteiger partial charge in [0.2, 0.25) is 19.9 Å². The summed E-state index contributed by atoms with van der Waals surface area (Å²) in [4.78, 5) is 6.10. The first-order valence-electron chi connectivity index (χ1n) is 11.0. The first-order chi connectivity index (χ1) is 16.3. The molecule has 34 heavy (non-hydrogen) atoms. The van der Waals surface area contributed by atoms with Gasteiger partial charge in [-0.2, -0.15) is 0 Å². The van der Waals surface area contributed by atoms with Gasteiger partial charge in [-0.1, -0.05) is 6.07 Å². The lowest BCUT2D eigenvalue weighted by atomic mass is 10.2. The van der Waals surface area contributed by atoms with Gasteiger partial charge in [-0.25, -0.2) is 26.5 Å². The van der Waals surface area contributed by atoms with Crippen LogP contribution in [0.25, 0.3) is 0 Å². The molecule has 0 saturated carbocycles. The van der Waals surface area contributed by atoms with Gasteiger partial charge in [-0.3, -0.25) is 0 Å². The highest BCUT2D eigenvalue weighted by molar-refractivity contribution is 7.91. The van der Waals surface area contributed by atoms with Crippen LogP contribution < -0.4 is 9.62 Å². The lowest BCUT2D eigenvalue weighted by Gasteiger charge is -2.28. The van der Waals surface area contributed by atoms with Gasteiger partial charge in [0.1, 0.15) is 0 Å². The molecule has 0 spiro atoms. The van der Waals surface area contributed by atoms with Crippen molar-refractivity contribution in [2.75, 3.05) is 37.7 Å². The molecule has 2 aromatic carbocycles. The molecule has 0 bridgehead atoms. The zero-order valence-electron chi connectivity index (χ0n) is 18.9. The zero-order chi connectivity index (χ0) is 24.2. The number of imidazole rings is 1. The van der Waals surface area contributed by atoms with Gasteiger partial charge >= 0.3 is 0 Å². The fraction of sp³-hybridized carbons (Fsp3) is 0.348. The largest absolute Gasteiger partial charge is 0.378 e. The average molecular weight is 505 g/mol. The summed E-state index contributed by atoms with van der Waals surface area (Å²) in [7, 11) is -7.76. The second kappa shape index (κ2) is 10.3. The first kappa shape index (κ1) is 24.4. The van der Waals surface area contributed by atoms with E-state index in [9.17, 15) is 16.8 Å². The normalized spacial score (nSPS) is 14.9. The summed E-state index contributed by atoms with van der Waals surface area (Å²) in [5.41, 5.74) is 1.40. The minimum Gasteiger partial charge on any atom is -0.378 e. The molecule has 1 aliphatic heterocycles. The molecule has 9 nitrogen and oxygen atoms in total. The number of ether oxygens (including phenoxy) is 1. The number of rotatable bonds is 9. The van der Waals surface area contributed by atoms with Gasteiger partial charge in [0, 0.05) is 44.3 Å². The summed E-state index contributed by atoms with van der Waals surface area (Å²) in [6, 6.07) is 10.9. The molecule has 182 valence electrons. The molecule has 3 aromatic rings. The maximum atomic E-state index is 13.2. The number of aromatic nitrogens is 2. The first-order valence-corrected chi connectivity index (χ1v) is 14.0. The SMILES string of the molecule is Cc1ccc(S(=O)(=O)c2ccc(N3CCOCC3)cc2)cc1S(=O)(=O)NCCCn1ccnc1. The summed E-state index contributed by atoms with van der Waals surface area (Å²) in [6.07, 6.45) is 5.71. The standard InChI is InChI=1S/C23H28N4O5S2/c1-19-3-6-22(17-23(19)34(30,31)25-9-2-11-26-12-10-24-18-26)33(28,29)21-7-4-20(5-8-21)27-13-15-32-16-14-27/h3-8,10,12,17-18,25H,2,9,11,13-16H2,1H3. The van der Waals surface area contributed by atoms with Crippen LogP contribution in [0.2, 0.25) is 0 Å². The van der Waals surface area contributed by atoms with Crippen LogP contribution in [0.1, 0.15) is 12.0 Å². The fourth-order valence-corrected chi connectivity index (χ4v) is 6.50. The van der Waals surface area contributed by atoms with Crippen molar-refractivity contribution in [3.63, 3.8) is 0 Å². The smallest absolute Gasteiger partial charge is 0.240 e. The lowest BCUT2D eigenvalue weighted by molar-refractivity contribution is 0.122.